The van der Waals surface area contributed by atoms with Crippen LogP contribution in [0.25, 0.3) is 0 Å². The first-order chi connectivity index (χ1) is 8.70. The molecule has 0 amide bonds. The summed E-state index contributed by atoms with van der Waals surface area (Å²) in [4.78, 5) is 0. The van der Waals surface area contributed by atoms with Gasteiger partial charge in [0.15, 0.2) is 6.29 Å². The lowest BCUT2D eigenvalue weighted by Crippen LogP contribution is -2.40. The van der Waals surface area contributed by atoms with E-state index in [1.165, 1.54) is 0 Å². The van der Waals surface area contributed by atoms with E-state index in [0.717, 1.165) is 6.42 Å². The SMILES string of the molecule is CC.CC1COC(C2CCC(C#N)C(F)C2)OC1. The topological polar surface area (TPSA) is 42.2 Å². The van der Waals surface area contributed by atoms with E-state index >= 15 is 0 Å². The molecule has 1 saturated heterocycles. The summed E-state index contributed by atoms with van der Waals surface area (Å²) < 4.78 is 24.7. The van der Waals surface area contributed by atoms with E-state index < -0.39 is 12.1 Å². The molecule has 0 aromatic heterocycles. The van der Waals surface area contributed by atoms with Crippen molar-refractivity contribution >= 4 is 0 Å². The van der Waals surface area contributed by atoms with Crippen LogP contribution in [0.2, 0.25) is 0 Å². The zero-order valence-electron chi connectivity index (χ0n) is 11.6. The second-order valence-electron chi connectivity index (χ2n) is 4.96. The van der Waals surface area contributed by atoms with Gasteiger partial charge in [-0.2, -0.15) is 5.26 Å². The fraction of sp³-hybridized carbons (Fsp3) is 0.929. The Kier molecular flexibility index (Phi) is 6.59. The van der Waals surface area contributed by atoms with Crippen molar-refractivity contribution in [2.24, 2.45) is 17.8 Å². The molecule has 2 rings (SSSR count). The molecule has 104 valence electrons. The van der Waals surface area contributed by atoms with Gasteiger partial charge >= 0.3 is 0 Å². The number of nitriles is 1. The van der Waals surface area contributed by atoms with Crippen LogP contribution in [0.15, 0.2) is 0 Å². The number of rotatable bonds is 1. The number of hydrogen-bond donors (Lipinski definition) is 0. The van der Waals surface area contributed by atoms with Crippen molar-refractivity contribution in [3.8, 4) is 6.07 Å². The van der Waals surface area contributed by atoms with Gasteiger partial charge in [-0.1, -0.05) is 20.8 Å². The van der Waals surface area contributed by atoms with Gasteiger partial charge in [-0.25, -0.2) is 4.39 Å². The van der Waals surface area contributed by atoms with Crippen molar-refractivity contribution in [2.75, 3.05) is 13.2 Å². The van der Waals surface area contributed by atoms with Crippen LogP contribution in [0.4, 0.5) is 4.39 Å². The molecule has 4 heteroatoms. The van der Waals surface area contributed by atoms with Crippen molar-refractivity contribution in [3.05, 3.63) is 0 Å². The fourth-order valence-corrected chi connectivity index (χ4v) is 2.43. The fourth-order valence-electron chi connectivity index (χ4n) is 2.43. The number of hydrogen-bond acceptors (Lipinski definition) is 3. The van der Waals surface area contributed by atoms with Gasteiger partial charge in [0.25, 0.3) is 0 Å². The molecule has 1 aliphatic heterocycles. The summed E-state index contributed by atoms with van der Waals surface area (Å²) in [6, 6.07) is 2.03. The highest BCUT2D eigenvalue weighted by atomic mass is 19.1. The first-order valence-corrected chi connectivity index (χ1v) is 6.97. The molecule has 1 saturated carbocycles. The highest BCUT2D eigenvalue weighted by Gasteiger charge is 2.36. The lowest BCUT2D eigenvalue weighted by molar-refractivity contribution is -0.229. The molecule has 3 nitrogen and oxygen atoms in total. The Labute approximate surface area is 109 Å². The van der Waals surface area contributed by atoms with Gasteiger partial charge in [0.1, 0.15) is 6.17 Å². The van der Waals surface area contributed by atoms with E-state index in [2.05, 4.69) is 6.92 Å². The lowest BCUT2D eigenvalue weighted by atomic mass is 9.81. The van der Waals surface area contributed by atoms with Gasteiger partial charge in [0.2, 0.25) is 0 Å². The van der Waals surface area contributed by atoms with E-state index in [1.54, 1.807) is 0 Å². The Morgan fingerprint density at radius 1 is 1.17 bits per heavy atom. The smallest absolute Gasteiger partial charge is 0.160 e. The predicted molar refractivity (Wildman–Crippen MR) is 67.5 cm³/mol. The molecule has 0 N–H and O–H groups in total. The van der Waals surface area contributed by atoms with Crippen LogP contribution in [0.5, 0.6) is 0 Å². The van der Waals surface area contributed by atoms with Crippen molar-refractivity contribution in [3.63, 3.8) is 0 Å². The zero-order chi connectivity index (χ0) is 13.5. The van der Waals surface area contributed by atoms with Crippen LogP contribution < -0.4 is 0 Å². The molecule has 0 aromatic rings. The van der Waals surface area contributed by atoms with Crippen molar-refractivity contribution in [2.45, 2.75) is 52.5 Å². The highest BCUT2D eigenvalue weighted by molar-refractivity contribution is 4.94. The van der Waals surface area contributed by atoms with Gasteiger partial charge in [-0.15, -0.1) is 0 Å². The molecule has 18 heavy (non-hydrogen) atoms. The third kappa shape index (κ3) is 3.93. The van der Waals surface area contributed by atoms with Crippen LogP contribution in [0.3, 0.4) is 0 Å². The zero-order valence-corrected chi connectivity index (χ0v) is 11.6. The van der Waals surface area contributed by atoms with Crippen LogP contribution in [0.1, 0.15) is 40.0 Å². The molecular formula is C14H24FNO2. The maximum atomic E-state index is 13.6. The minimum absolute atomic E-state index is 0.118. The molecule has 1 heterocycles. The molecule has 3 unspecified atom stereocenters. The summed E-state index contributed by atoms with van der Waals surface area (Å²) >= 11 is 0. The third-order valence-corrected chi connectivity index (χ3v) is 3.45. The van der Waals surface area contributed by atoms with Crippen molar-refractivity contribution in [1.82, 2.24) is 0 Å². The number of nitrogens with zero attached hydrogens (tertiary/aromatic N) is 1. The Morgan fingerprint density at radius 3 is 2.28 bits per heavy atom. The maximum Gasteiger partial charge on any atom is 0.160 e. The molecule has 0 bridgehead atoms. The molecule has 2 fully saturated rings. The van der Waals surface area contributed by atoms with E-state index in [4.69, 9.17) is 14.7 Å². The largest absolute Gasteiger partial charge is 0.352 e. The quantitative estimate of drug-likeness (QED) is 0.723. The minimum atomic E-state index is -1.02. The number of alkyl halides is 1. The Balaban J connectivity index is 0.000000771. The van der Waals surface area contributed by atoms with Crippen LogP contribution in [0, 0.1) is 29.1 Å². The van der Waals surface area contributed by atoms with Gasteiger partial charge in [0, 0.05) is 11.8 Å². The predicted octanol–water partition coefficient (Wildman–Crippen LogP) is 3.30. The Morgan fingerprint density at radius 2 is 1.78 bits per heavy atom. The first-order valence-electron chi connectivity index (χ1n) is 6.97. The van der Waals surface area contributed by atoms with E-state index in [0.29, 0.717) is 32.0 Å². The lowest BCUT2D eigenvalue weighted by Gasteiger charge is -2.36. The Bertz CT molecular complexity index is 271. The minimum Gasteiger partial charge on any atom is -0.352 e. The summed E-state index contributed by atoms with van der Waals surface area (Å²) in [5.74, 6) is 0.110. The van der Waals surface area contributed by atoms with Crippen molar-refractivity contribution < 1.29 is 13.9 Å². The summed E-state index contributed by atoms with van der Waals surface area (Å²) in [6.07, 6.45) is 0.584. The van der Waals surface area contributed by atoms with E-state index in [-0.39, 0.29) is 12.2 Å². The summed E-state index contributed by atoms with van der Waals surface area (Å²) in [6.45, 7) is 7.46. The highest BCUT2D eigenvalue weighted by Crippen LogP contribution is 2.35. The molecule has 1 aliphatic carbocycles. The number of halogens is 1. The first kappa shape index (κ1) is 15.4. The van der Waals surface area contributed by atoms with Crippen LogP contribution >= 0.6 is 0 Å². The average molecular weight is 257 g/mol. The Hall–Kier alpha value is -0.660. The van der Waals surface area contributed by atoms with Gasteiger partial charge in [-0.05, 0) is 19.3 Å². The standard InChI is InChI=1S/C12H18FNO2.C2H6/c1-8-6-15-12(16-7-8)9-2-3-10(5-14)11(13)4-9;1-2/h8-12H,2-4,6-7H2,1H3;1-2H3. The average Bonchev–Trinajstić information content (AvgIpc) is 2.42. The van der Waals surface area contributed by atoms with Crippen LogP contribution in [-0.2, 0) is 9.47 Å². The molecule has 0 spiro atoms. The molecule has 3 atom stereocenters. The number of ether oxygens (including phenoxy) is 2. The molecule has 0 radical (unpaired) electrons. The van der Waals surface area contributed by atoms with Gasteiger partial charge in [0.05, 0.1) is 25.2 Å². The monoisotopic (exact) mass is 257 g/mol. The summed E-state index contributed by atoms with van der Waals surface area (Å²) in [5.41, 5.74) is 0. The van der Waals surface area contributed by atoms with E-state index in [9.17, 15) is 4.39 Å². The molecular weight excluding hydrogens is 233 g/mol. The summed E-state index contributed by atoms with van der Waals surface area (Å²) in [5, 5.41) is 8.74. The van der Waals surface area contributed by atoms with Crippen molar-refractivity contribution in [1.29, 1.82) is 5.26 Å². The summed E-state index contributed by atoms with van der Waals surface area (Å²) in [7, 11) is 0. The molecule has 0 aromatic carbocycles. The second kappa shape index (κ2) is 7.70. The third-order valence-electron chi connectivity index (χ3n) is 3.45. The van der Waals surface area contributed by atoms with Crippen LogP contribution in [-0.4, -0.2) is 25.7 Å². The second-order valence-corrected chi connectivity index (χ2v) is 4.96. The van der Waals surface area contributed by atoms with E-state index in [1.807, 2.05) is 19.9 Å². The molecule has 2 aliphatic rings. The maximum absolute atomic E-state index is 13.6. The van der Waals surface area contributed by atoms with Gasteiger partial charge < -0.3 is 9.47 Å². The normalized spacial score (nSPS) is 40.3. The van der Waals surface area contributed by atoms with Gasteiger partial charge in [-0.3, -0.25) is 0 Å².